The zero-order valence-electron chi connectivity index (χ0n) is 20.2. The monoisotopic (exact) mass is 509 g/mol. The first-order chi connectivity index (χ1) is 17.4. The maximum absolute atomic E-state index is 13.4. The van der Waals surface area contributed by atoms with Crippen LogP contribution in [0.15, 0.2) is 65.2 Å². The van der Waals surface area contributed by atoms with Crippen LogP contribution in [0.5, 0.6) is 23.0 Å². The summed E-state index contributed by atoms with van der Waals surface area (Å²) in [6.07, 6.45) is 0.437. The van der Waals surface area contributed by atoms with Crippen LogP contribution in [-0.4, -0.2) is 54.2 Å². The van der Waals surface area contributed by atoms with Gasteiger partial charge in [-0.2, -0.15) is 0 Å². The van der Waals surface area contributed by atoms with Gasteiger partial charge in [0.2, 0.25) is 5.78 Å². The number of thiophene rings is 1. The molecule has 188 valence electrons. The fraction of sp³-hybridized carbons (Fsp3) is 0.259. The molecule has 1 aliphatic rings. The van der Waals surface area contributed by atoms with Crippen molar-refractivity contribution in [1.29, 1.82) is 0 Å². The molecule has 4 rings (SSSR count). The van der Waals surface area contributed by atoms with Crippen molar-refractivity contribution < 1.29 is 34.0 Å². The first-order valence-electron chi connectivity index (χ1n) is 11.4. The summed E-state index contributed by atoms with van der Waals surface area (Å²) >= 11 is 1.24. The number of rotatable bonds is 10. The minimum absolute atomic E-state index is 0.00268. The third-order valence-electron chi connectivity index (χ3n) is 5.98. The number of carbonyl (C=O) groups excluding carboxylic acids is 2. The number of ether oxygens (including phenoxy) is 3. The number of benzene rings is 2. The Hall–Kier alpha value is -3.98. The maximum Gasteiger partial charge on any atom is 0.290 e. The summed E-state index contributed by atoms with van der Waals surface area (Å²) in [5.74, 6) is -0.290. The largest absolute Gasteiger partial charge is 0.504 e. The van der Waals surface area contributed by atoms with Crippen molar-refractivity contribution in [3.63, 3.8) is 0 Å². The van der Waals surface area contributed by atoms with Crippen LogP contribution in [0.3, 0.4) is 0 Å². The van der Waals surface area contributed by atoms with Gasteiger partial charge in [0.1, 0.15) is 0 Å². The molecule has 2 aromatic carbocycles. The van der Waals surface area contributed by atoms with Gasteiger partial charge in [0, 0.05) is 6.54 Å². The van der Waals surface area contributed by atoms with E-state index in [9.17, 15) is 19.8 Å². The third-order valence-corrected chi connectivity index (χ3v) is 6.85. The molecular weight excluding hydrogens is 482 g/mol. The van der Waals surface area contributed by atoms with E-state index in [2.05, 4.69) is 0 Å². The third kappa shape index (κ3) is 4.74. The summed E-state index contributed by atoms with van der Waals surface area (Å²) in [4.78, 5) is 28.5. The second kappa shape index (κ2) is 10.7. The van der Waals surface area contributed by atoms with E-state index >= 15 is 0 Å². The molecule has 1 amide bonds. The van der Waals surface area contributed by atoms with Crippen LogP contribution >= 0.6 is 11.3 Å². The molecule has 0 fully saturated rings. The van der Waals surface area contributed by atoms with Gasteiger partial charge in [-0.25, -0.2) is 0 Å². The Bertz CT molecular complexity index is 1300. The first kappa shape index (κ1) is 25.1. The molecular formula is C27H27NO7S. The SMILES string of the molecule is CCOc1cc([C@H]2C(C(=O)c3cccs3)=C(O)C(=O)N2CCc2ccc(OC)c(OC)c2)ccc1O. The zero-order chi connectivity index (χ0) is 25.8. The molecule has 1 aromatic heterocycles. The Morgan fingerprint density at radius 3 is 2.47 bits per heavy atom. The van der Waals surface area contributed by atoms with Gasteiger partial charge in [-0.3, -0.25) is 9.59 Å². The van der Waals surface area contributed by atoms with Crippen molar-refractivity contribution >= 4 is 23.0 Å². The summed E-state index contributed by atoms with van der Waals surface area (Å²) in [7, 11) is 3.10. The average molecular weight is 510 g/mol. The highest BCUT2D eigenvalue weighted by Gasteiger charge is 2.44. The predicted molar refractivity (Wildman–Crippen MR) is 135 cm³/mol. The number of amides is 1. The van der Waals surface area contributed by atoms with Crippen LogP contribution in [0.1, 0.15) is 33.8 Å². The van der Waals surface area contributed by atoms with Crippen LogP contribution < -0.4 is 14.2 Å². The summed E-state index contributed by atoms with van der Waals surface area (Å²) < 4.78 is 16.2. The lowest BCUT2D eigenvalue weighted by Crippen LogP contribution is -2.33. The minimum atomic E-state index is -0.855. The zero-order valence-corrected chi connectivity index (χ0v) is 21.0. The summed E-state index contributed by atoms with van der Waals surface area (Å²) in [6, 6.07) is 12.7. The number of phenols is 1. The number of phenolic OH excluding ortho intramolecular Hbond substituents is 1. The molecule has 8 nitrogen and oxygen atoms in total. The van der Waals surface area contributed by atoms with E-state index in [1.54, 1.807) is 56.9 Å². The highest BCUT2D eigenvalue weighted by Crippen LogP contribution is 2.42. The number of nitrogens with zero attached hydrogens (tertiary/aromatic N) is 1. The molecule has 0 saturated carbocycles. The van der Waals surface area contributed by atoms with Gasteiger partial charge in [-0.1, -0.05) is 18.2 Å². The highest BCUT2D eigenvalue weighted by atomic mass is 32.1. The fourth-order valence-electron chi connectivity index (χ4n) is 4.26. The molecule has 2 N–H and O–H groups in total. The van der Waals surface area contributed by atoms with E-state index in [0.717, 1.165) is 5.56 Å². The number of Topliss-reactive ketones (excluding diaryl/α,β-unsaturated/α-hetero) is 1. The van der Waals surface area contributed by atoms with Gasteiger partial charge < -0.3 is 29.3 Å². The fourth-order valence-corrected chi connectivity index (χ4v) is 4.94. The number of aliphatic hydroxyl groups is 1. The van der Waals surface area contributed by atoms with Crippen molar-refractivity contribution in [2.24, 2.45) is 0 Å². The van der Waals surface area contributed by atoms with Crippen LogP contribution in [0.2, 0.25) is 0 Å². The molecule has 0 saturated heterocycles. The Morgan fingerprint density at radius 2 is 1.81 bits per heavy atom. The topological polar surface area (TPSA) is 106 Å². The molecule has 1 aliphatic heterocycles. The molecule has 0 unspecified atom stereocenters. The lowest BCUT2D eigenvalue weighted by atomic mass is 9.95. The Balaban J connectivity index is 1.72. The highest BCUT2D eigenvalue weighted by molar-refractivity contribution is 7.12. The molecule has 36 heavy (non-hydrogen) atoms. The lowest BCUT2D eigenvalue weighted by molar-refractivity contribution is -0.129. The number of aliphatic hydroxyl groups excluding tert-OH is 1. The van der Waals surface area contributed by atoms with Crippen molar-refractivity contribution in [2.75, 3.05) is 27.4 Å². The Labute approximate surface area is 213 Å². The minimum Gasteiger partial charge on any atom is -0.504 e. The normalized spacial score (nSPS) is 15.4. The first-order valence-corrected chi connectivity index (χ1v) is 12.3. The Kier molecular flexibility index (Phi) is 7.49. The standard InChI is InChI=1S/C27H27NO7S/c1-4-35-20-15-17(8-9-18(20)29)24-23(25(30)22-6-5-13-36-22)26(31)27(32)28(24)12-11-16-7-10-19(33-2)21(14-16)34-3/h5-10,13-15,24,29,31H,4,11-12H2,1-3H3/t24-/m0/s1. The molecule has 3 aromatic rings. The molecule has 2 heterocycles. The van der Waals surface area contributed by atoms with Crippen molar-refractivity contribution in [3.05, 3.63) is 81.2 Å². The van der Waals surface area contributed by atoms with E-state index in [4.69, 9.17) is 14.2 Å². The van der Waals surface area contributed by atoms with Crippen molar-refractivity contribution in [3.8, 4) is 23.0 Å². The van der Waals surface area contributed by atoms with Gasteiger partial charge in [0.05, 0.1) is 37.3 Å². The van der Waals surface area contributed by atoms with Crippen LogP contribution in [-0.2, 0) is 11.2 Å². The van der Waals surface area contributed by atoms with Gasteiger partial charge >= 0.3 is 0 Å². The number of methoxy groups -OCH3 is 2. The molecule has 0 spiro atoms. The van der Waals surface area contributed by atoms with Crippen molar-refractivity contribution in [1.82, 2.24) is 4.90 Å². The maximum atomic E-state index is 13.4. The van der Waals surface area contributed by atoms with E-state index < -0.39 is 23.5 Å². The van der Waals surface area contributed by atoms with E-state index in [1.165, 1.54) is 22.3 Å². The molecule has 1 atom stereocenters. The number of aromatic hydroxyl groups is 1. The van der Waals surface area contributed by atoms with E-state index in [0.29, 0.717) is 35.0 Å². The van der Waals surface area contributed by atoms with Crippen LogP contribution in [0.25, 0.3) is 0 Å². The van der Waals surface area contributed by atoms with Gasteiger partial charge in [-0.05, 0) is 60.2 Å². The number of ketones is 1. The van der Waals surface area contributed by atoms with E-state index in [1.807, 2.05) is 12.1 Å². The predicted octanol–water partition coefficient (Wildman–Crippen LogP) is 4.69. The van der Waals surface area contributed by atoms with Crippen LogP contribution in [0.4, 0.5) is 0 Å². The molecule has 0 bridgehead atoms. The lowest BCUT2D eigenvalue weighted by Gasteiger charge is -2.27. The summed E-state index contributed by atoms with van der Waals surface area (Å²) in [5.41, 5.74) is 1.43. The quantitative estimate of drug-likeness (QED) is 0.382. The average Bonchev–Trinajstić information content (AvgIpc) is 3.51. The van der Waals surface area contributed by atoms with E-state index in [-0.39, 0.29) is 23.6 Å². The molecule has 0 radical (unpaired) electrons. The van der Waals surface area contributed by atoms with Gasteiger partial charge in [0.25, 0.3) is 5.91 Å². The van der Waals surface area contributed by atoms with Gasteiger partial charge in [0.15, 0.2) is 28.8 Å². The summed E-state index contributed by atoms with van der Waals surface area (Å²) in [5, 5.41) is 22.8. The number of carbonyl (C=O) groups is 2. The van der Waals surface area contributed by atoms with Gasteiger partial charge in [-0.15, -0.1) is 11.3 Å². The number of hydrogen-bond donors (Lipinski definition) is 2. The molecule has 0 aliphatic carbocycles. The smallest absolute Gasteiger partial charge is 0.290 e. The molecule has 9 heteroatoms. The Morgan fingerprint density at radius 1 is 1.03 bits per heavy atom. The van der Waals surface area contributed by atoms with Crippen LogP contribution in [0, 0.1) is 0 Å². The number of hydrogen-bond acceptors (Lipinski definition) is 8. The van der Waals surface area contributed by atoms with Crippen molar-refractivity contribution in [2.45, 2.75) is 19.4 Å². The second-order valence-corrected chi connectivity index (χ2v) is 9.02. The summed E-state index contributed by atoms with van der Waals surface area (Å²) in [6.45, 7) is 2.33. The second-order valence-electron chi connectivity index (χ2n) is 8.07.